The molecule has 1 aliphatic rings. The first-order chi connectivity index (χ1) is 13.3. The number of ether oxygens (including phenoxy) is 1. The summed E-state index contributed by atoms with van der Waals surface area (Å²) in [6.45, 7) is 3.38. The highest BCUT2D eigenvalue weighted by Gasteiger charge is 2.55. The molecule has 1 fully saturated rings. The van der Waals surface area contributed by atoms with Gasteiger partial charge in [0.2, 0.25) is 0 Å². The van der Waals surface area contributed by atoms with Gasteiger partial charge in [0, 0.05) is 5.56 Å². The van der Waals surface area contributed by atoms with Crippen molar-refractivity contribution in [1.82, 2.24) is 10.4 Å². The molecule has 0 saturated carbocycles. The lowest BCUT2D eigenvalue weighted by atomic mass is 9.98. The van der Waals surface area contributed by atoms with Crippen LogP contribution in [0.2, 0.25) is 5.02 Å². The summed E-state index contributed by atoms with van der Waals surface area (Å²) >= 11 is 6.19. The third-order valence-electron chi connectivity index (χ3n) is 4.89. The zero-order valence-electron chi connectivity index (χ0n) is 15.7. The Kier molecular flexibility index (Phi) is 5.29. The number of methoxy groups -OCH3 is 1. The van der Waals surface area contributed by atoms with Gasteiger partial charge in [-0.3, -0.25) is 15.0 Å². The third kappa shape index (κ3) is 3.18. The Morgan fingerprint density at radius 2 is 1.79 bits per heavy atom. The van der Waals surface area contributed by atoms with E-state index in [0.717, 1.165) is 9.91 Å². The van der Waals surface area contributed by atoms with Crippen molar-refractivity contribution in [1.29, 1.82) is 0 Å². The van der Waals surface area contributed by atoms with Gasteiger partial charge in [-0.05, 0) is 49.7 Å². The summed E-state index contributed by atoms with van der Waals surface area (Å²) in [6.07, 6.45) is 0.307. The van der Waals surface area contributed by atoms with Gasteiger partial charge in [0.05, 0.1) is 17.8 Å². The molecule has 1 aliphatic heterocycles. The number of para-hydroxylation sites is 1. The molecule has 0 bridgehead atoms. The average Bonchev–Trinajstić information content (AvgIpc) is 2.89. The molecule has 1 N–H and O–H groups in total. The first-order valence-electron chi connectivity index (χ1n) is 8.71. The molecule has 146 valence electrons. The molecular formula is C20H20ClN3O4. The van der Waals surface area contributed by atoms with Crippen LogP contribution in [0.25, 0.3) is 0 Å². The molecule has 7 nitrogen and oxygen atoms in total. The molecule has 28 heavy (non-hydrogen) atoms. The molecule has 0 spiro atoms. The second-order valence-electron chi connectivity index (χ2n) is 6.51. The quantitative estimate of drug-likeness (QED) is 0.776. The second kappa shape index (κ2) is 7.52. The van der Waals surface area contributed by atoms with Gasteiger partial charge in [0.1, 0.15) is 11.3 Å². The maximum absolute atomic E-state index is 13.1. The van der Waals surface area contributed by atoms with E-state index in [2.05, 4.69) is 5.43 Å². The van der Waals surface area contributed by atoms with Crippen LogP contribution in [-0.2, 0) is 4.79 Å². The van der Waals surface area contributed by atoms with Crippen LogP contribution in [0.1, 0.15) is 30.6 Å². The van der Waals surface area contributed by atoms with Crippen LogP contribution >= 0.6 is 11.6 Å². The Hall–Kier alpha value is -3.06. The first kappa shape index (κ1) is 19.7. The van der Waals surface area contributed by atoms with E-state index in [1.165, 1.54) is 7.11 Å². The SMILES string of the molecule is CCC1(C)C(=O)N(c2ccccc2Cl)C(=O)N1NC(=O)c1ccc(OC)cc1. The maximum Gasteiger partial charge on any atom is 0.351 e. The van der Waals surface area contributed by atoms with Crippen molar-refractivity contribution in [2.24, 2.45) is 0 Å². The maximum atomic E-state index is 13.1. The van der Waals surface area contributed by atoms with Crippen LogP contribution in [0.3, 0.4) is 0 Å². The van der Waals surface area contributed by atoms with Gasteiger partial charge in [-0.2, -0.15) is 0 Å². The van der Waals surface area contributed by atoms with Gasteiger partial charge >= 0.3 is 6.03 Å². The van der Waals surface area contributed by atoms with Gasteiger partial charge in [-0.1, -0.05) is 30.7 Å². The number of hydrogen-bond donors (Lipinski definition) is 1. The number of hydrogen-bond acceptors (Lipinski definition) is 4. The van der Waals surface area contributed by atoms with E-state index >= 15 is 0 Å². The molecule has 1 atom stereocenters. The van der Waals surface area contributed by atoms with Crippen molar-refractivity contribution in [3.8, 4) is 5.75 Å². The summed E-state index contributed by atoms with van der Waals surface area (Å²) in [6, 6.07) is 12.3. The largest absolute Gasteiger partial charge is 0.497 e. The zero-order valence-corrected chi connectivity index (χ0v) is 16.5. The fourth-order valence-electron chi connectivity index (χ4n) is 2.97. The fourth-order valence-corrected chi connectivity index (χ4v) is 3.19. The Morgan fingerprint density at radius 3 is 2.36 bits per heavy atom. The van der Waals surface area contributed by atoms with Gasteiger partial charge in [0.15, 0.2) is 0 Å². The summed E-state index contributed by atoms with van der Waals surface area (Å²) in [5.41, 5.74) is 1.94. The zero-order chi connectivity index (χ0) is 20.5. The number of rotatable bonds is 5. The number of urea groups is 1. The lowest BCUT2D eigenvalue weighted by Gasteiger charge is -2.30. The number of anilines is 1. The number of nitrogens with one attached hydrogen (secondary N) is 1. The van der Waals surface area contributed by atoms with E-state index < -0.39 is 23.4 Å². The number of hydrazine groups is 1. The Bertz CT molecular complexity index is 931. The van der Waals surface area contributed by atoms with E-state index in [4.69, 9.17) is 16.3 Å². The van der Waals surface area contributed by atoms with Crippen LogP contribution in [0.4, 0.5) is 10.5 Å². The molecule has 1 saturated heterocycles. The van der Waals surface area contributed by atoms with Crippen molar-refractivity contribution < 1.29 is 19.1 Å². The minimum atomic E-state index is -1.24. The van der Waals surface area contributed by atoms with Gasteiger partial charge < -0.3 is 4.74 Å². The monoisotopic (exact) mass is 401 g/mol. The lowest BCUT2D eigenvalue weighted by molar-refractivity contribution is -0.125. The summed E-state index contributed by atoms with van der Waals surface area (Å²) in [5.74, 6) is -0.361. The molecule has 1 unspecified atom stereocenters. The molecule has 8 heteroatoms. The molecule has 0 radical (unpaired) electrons. The predicted molar refractivity (Wildman–Crippen MR) is 105 cm³/mol. The number of benzene rings is 2. The van der Waals surface area contributed by atoms with Crippen molar-refractivity contribution in [3.63, 3.8) is 0 Å². The van der Waals surface area contributed by atoms with E-state index in [9.17, 15) is 14.4 Å². The topological polar surface area (TPSA) is 79.0 Å². The minimum Gasteiger partial charge on any atom is -0.497 e. The fraction of sp³-hybridized carbons (Fsp3) is 0.250. The van der Waals surface area contributed by atoms with Gasteiger partial charge in [-0.25, -0.2) is 14.7 Å². The van der Waals surface area contributed by atoms with Crippen LogP contribution < -0.4 is 15.1 Å². The molecule has 0 aliphatic carbocycles. The number of carbonyl (C=O) groups excluding carboxylic acids is 3. The van der Waals surface area contributed by atoms with Crippen molar-refractivity contribution >= 4 is 35.1 Å². The molecule has 0 aromatic heterocycles. The number of amides is 4. The standard InChI is InChI=1S/C20H20ClN3O4/c1-4-20(2)18(26)23(16-8-6-5-7-15(16)21)19(27)24(20)22-17(25)13-9-11-14(28-3)12-10-13/h5-12H,4H2,1-3H3,(H,22,25). The molecular weight excluding hydrogens is 382 g/mol. The first-order valence-corrected chi connectivity index (χ1v) is 9.09. The van der Waals surface area contributed by atoms with E-state index in [1.807, 2.05) is 0 Å². The van der Waals surface area contributed by atoms with E-state index in [1.54, 1.807) is 62.4 Å². The predicted octanol–water partition coefficient (Wildman–Crippen LogP) is 3.63. The summed E-state index contributed by atoms with van der Waals surface area (Å²) in [4.78, 5) is 39.8. The Balaban J connectivity index is 1.92. The third-order valence-corrected chi connectivity index (χ3v) is 5.21. The Morgan fingerprint density at radius 1 is 1.14 bits per heavy atom. The molecule has 2 aromatic rings. The second-order valence-corrected chi connectivity index (χ2v) is 6.91. The number of carbonyl (C=O) groups is 3. The summed E-state index contributed by atoms with van der Waals surface area (Å²) in [5, 5.41) is 1.34. The van der Waals surface area contributed by atoms with Crippen LogP contribution in [-0.4, -0.2) is 35.5 Å². The van der Waals surface area contributed by atoms with Crippen molar-refractivity contribution in [2.45, 2.75) is 25.8 Å². The summed E-state index contributed by atoms with van der Waals surface area (Å²) in [7, 11) is 1.53. The lowest BCUT2D eigenvalue weighted by Crippen LogP contribution is -2.55. The molecule has 3 rings (SSSR count). The van der Waals surface area contributed by atoms with E-state index in [0.29, 0.717) is 17.7 Å². The number of nitrogens with zero attached hydrogens (tertiary/aromatic N) is 2. The average molecular weight is 402 g/mol. The molecule has 2 aromatic carbocycles. The van der Waals surface area contributed by atoms with Gasteiger partial charge in [0.25, 0.3) is 11.8 Å². The highest BCUT2D eigenvalue weighted by atomic mass is 35.5. The van der Waals surface area contributed by atoms with Crippen LogP contribution in [0, 0.1) is 0 Å². The molecule has 1 heterocycles. The highest BCUT2D eigenvalue weighted by Crippen LogP contribution is 2.36. The summed E-state index contributed by atoms with van der Waals surface area (Å²) < 4.78 is 5.08. The van der Waals surface area contributed by atoms with Crippen LogP contribution in [0.15, 0.2) is 48.5 Å². The van der Waals surface area contributed by atoms with Gasteiger partial charge in [-0.15, -0.1) is 0 Å². The number of imide groups is 1. The van der Waals surface area contributed by atoms with Crippen molar-refractivity contribution in [2.75, 3.05) is 12.0 Å². The smallest absolute Gasteiger partial charge is 0.351 e. The minimum absolute atomic E-state index is 0.269. The van der Waals surface area contributed by atoms with E-state index in [-0.39, 0.29) is 10.7 Å². The molecule has 4 amide bonds. The Labute approximate surface area is 167 Å². The van der Waals surface area contributed by atoms with Crippen LogP contribution in [0.5, 0.6) is 5.75 Å². The van der Waals surface area contributed by atoms with Crippen molar-refractivity contribution in [3.05, 3.63) is 59.1 Å². The highest BCUT2D eigenvalue weighted by molar-refractivity contribution is 6.36. The number of halogens is 1. The normalized spacial score (nSPS) is 19.1.